The highest BCUT2D eigenvalue weighted by atomic mass is 16.5. The number of nitrogens with one attached hydrogen (secondary N) is 1. The van der Waals surface area contributed by atoms with Crippen molar-refractivity contribution in [1.82, 2.24) is 0 Å². The molecule has 0 aliphatic heterocycles. The molecule has 1 saturated carbocycles. The van der Waals surface area contributed by atoms with Crippen LogP contribution in [0.3, 0.4) is 0 Å². The molecule has 2 rings (SSSR count). The zero-order chi connectivity index (χ0) is 13.1. The lowest BCUT2D eigenvalue weighted by atomic mass is 10.1. The summed E-state index contributed by atoms with van der Waals surface area (Å²) in [6, 6.07) is 3.86. The predicted molar refractivity (Wildman–Crippen MR) is 68.9 cm³/mol. The van der Waals surface area contributed by atoms with Gasteiger partial charge in [-0.05, 0) is 37.5 Å². The number of hydrogen-bond acceptors (Lipinski definition) is 4. The summed E-state index contributed by atoms with van der Waals surface area (Å²) in [7, 11) is 0. The van der Waals surface area contributed by atoms with Crippen LogP contribution in [0.4, 0.5) is 5.69 Å². The van der Waals surface area contributed by atoms with Crippen LogP contribution in [0.25, 0.3) is 0 Å². The van der Waals surface area contributed by atoms with Crippen LogP contribution in [-0.2, 0) is 0 Å². The fraction of sp³-hybridized carbons (Fsp3) is 0.462. The van der Waals surface area contributed by atoms with Gasteiger partial charge >= 0.3 is 0 Å². The average Bonchev–Trinajstić information content (AvgIpc) is 3.11. The van der Waals surface area contributed by atoms with Crippen LogP contribution in [-0.4, -0.2) is 30.3 Å². The minimum Gasteiger partial charge on any atom is -0.489 e. The molecule has 0 saturated heterocycles. The van der Waals surface area contributed by atoms with Crippen LogP contribution in [0.15, 0.2) is 12.1 Å². The van der Waals surface area contributed by atoms with Gasteiger partial charge in [0.05, 0.1) is 12.3 Å². The number of benzene rings is 1. The number of amides is 1. The van der Waals surface area contributed by atoms with E-state index in [1.807, 2.05) is 6.92 Å². The average molecular weight is 250 g/mol. The lowest BCUT2D eigenvalue weighted by Crippen LogP contribution is -2.14. The number of nitrogens with two attached hydrogens (primary N) is 1. The molecular weight excluding hydrogens is 232 g/mol. The number of ether oxygens (including phenoxy) is 1. The van der Waals surface area contributed by atoms with E-state index in [-0.39, 0.29) is 13.2 Å². The Balaban J connectivity index is 2.31. The normalized spacial score (nSPS) is 14.3. The van der Waals surface area contributed by atoms with Crippen LogP contribution in [0.2, 0.25) is 0 Å². The molecule has 98 valence electrons. The van der Waals surface area contributed by atoms with Crippen molar-refractivity contribution in [3.63, 3.8) is 0 Å². The number of aryl methyl sites for hydroxylation is 1. The van der Waals surface area contributed by atoms with E-state index in [4.69, 9.17) is 15.6 Å². The smallest absolute Gasteiger partial charge is 0.248 e. The van der Waals surface area contributed by atoms with E-state index in [1.54, 1.807) is 12.1 Å². The molecule has 0 atom stereocenters. The van der Waals surface area contributed by atoms with Crippen LogP contribution in [0.1, 0.15) is 28.8 Å². The van der Waals surface area contributed by atoms with Gasteiger partial charge in [-0.3, -0.25) is 4.79 Å². The second-order valence-corrected chi connectivity index (χ2v) is 4.52. The Morgan fingerprint density at radius 3 is 2.83 bits per heavy atom. The molecule has 0 unspecified atom stereocenters. The van der Waals surface area contributed by atoms with Gasteiger partial charge in [0.2, 0.25) is 5.91 Å². The van der Waals surface area contributed by atoms with Crippen molar-refractivity contribution in [2.24, 2.45) is 5.73 Å². The monoisotopic (exact) mass is 250 g/mol. The van der Waals surface area contributed by atoms with E-state index in [9.17, 15) is 4.79 Å². The van der Waals surface area contributed by atoms with Gasteiger partial charge in [0.15, 0.2) is 0 Å². The molecule has 5 nitrogen and oxygen atoms in total. The first kappa shape index (κ1) is 12.7. The molecule has 1 aliphatic rings. The fourth-order valence-corrected chi connectivity index (χ4v) is 1.81. The SMILES string of the molecule is Cc1cc(C(N)=O)cc(NC2CC2)c1OCCO. The minimum atomic E-state index is -0.453. The molecular formula is C13H18N2O3. The number of aliphatic hydroxyl groups is 1. The van der Waals surface area contributed by atoms with Crippen LogP contribution < -0.4 is 15.8 Å². The summed E-state index contributed by atoms with van der Waals surface area (Å²) in [6.45, 7) is 2.05. The predicted octanol–water partition coefficient (Wildman–Crippen LogP) is 1.04. The summed E-state index contributed by atoms with van der Waals surface area (Å²) >= 11 is 0. The third-order valence-corrected chi connectivity index (χ3v) is 2.83. The van der Waals surface area contributed by atoms with Crippen molar-refractivity contribution in [3.8, 4) is 5.75 Å². The first-order valence-corrected chi connectivity index (χ1v) is 6.06. The van der Waals surface area contributed by atoms with Gasteiger partial charge < -0.3 is 20.9 Å². The molecule has 1 aliphatic carbocycles. The van der Waals surface area contributed by atoms with E-state index < -0.39 is 5.91 Å². The molecule has 18 heavy (non-hydrogen) atoms. The van der Waals surface area contributed by atoms with E-state index >= 15 is 0 Å². The molecule has 0 radical (unpaired) electrons. The maximum absolute atomic E-state index is 11.2. The van der Waals surface area contributed by atoms with Gasteiger partial charge in [0.1, 0.15) is 12.4 Å². The maximum atomic E-state index is 11.2. The number of hydrogen-bond donors (Lipinski definition) is 3. The van der Waals surface area contributed by atoms with Crippen LogP contribution >= 0.6 is 0 Å². The Morgan fingerprint density at radius 1 is 1.56 bits per heavy atom. The number of carbonyl (C=O) groups is 1. The quantitative estimate of drug-likeness (QED) is 0.704. The second-order valence-electron chi connectivity index (χ2n) is 4.52. The Kier molecular flexibility index (Phi) is 3.72. The van der Waals surface area contributed by atoms with Gasteiger partial charge in [-0.2, -0.15) is 0 Å². The largest absolute Gasteiger partial charge is 0.489 e. The molecule has 1 aromatic carbocycles. The van der Waals surface area contributed by atoms with Gasteiger partial charge in [0, 0.05) is 11.6 Å². The lowest BCUT2D eigenvalue weighted by molar-refractivity contribution is 0.1000. The van der Waals surface area contributed by atoms with E-state index in [2.05, 4.69) is 5.32 Å². The van der Waals surface area contributed by atoms with Gasteiger partial charge in [-0.1, -0.05) is 0 Å². The molecule has 0 spiro atoms. The Morgan fingerprint density at radius 2 is 2.28 bits per heavy atom. The lowest BCUT2D eigenvalue weighted by Gasteiger charge is -2.16. The minimum absolute atomic E-state index is 0.0418. The summed E-state index contributed by atoms with van der Waals surface area (Å²) in [5.74, 6) is 0.228. The van der Waals surface area contributed by atoms with Crippen molar-refractivity contribution < 1.29 is 14.6 Å². The first-order chi connectivity index (χ1) is 8.61. The van der Waals surface area contributed by atoms with Crippen molar-refractivity contribution >= 4 is 11.6 Å². The summed E-state index contributed by atoms with van der Waals surface area (Å²) in [5, 5.41) is 12.1. The van der Waals surface area contributed by atoms with Crippen LogP contribution in [0, 0.1) is 6.92 Å². The number of rotatable bonds is 6. The molecule has 0 bridgehead atoms. The topological polar surface area (TPSA) is 84.6 Å². The molecule has 0 aromatic heterocycles. The third-order valence-electron chi connectivity index (χ3n) is 2.83. The highest BCUT2D eigenvalue weighted by molar-refractivity contribution is 5.94. The Labute approximate surface area is 106 Å². The zero-order valence-electron chi connectivity index (χ0n) is 10.4. The Bertz CT molecular complexity index is 456. The molecule has 1 amide bonds. The summed E-state index contributed by atoms with van der Waals surface area (Å²) in [4.78, 5) is 11.2. The second kappa shape index (κ2) is 5.27. The van der Waals surface area contributed by atoms with Gasteiger partial charge in [0.25, 0.3) is 0 Å². The van der Waals surface area contributed by atoms with E-state index in [0.29, 0.717) is 17.4 Å². The Hall–Kier alpha value is -1.75. The number of carbonyl (C=O) groups excluding carboxylic acids is 1. The molecule has 1 aromatic rings. The van der Waals surface area contributed by atoms with Gasteiger partial charge in [-0.25, -0.2) is 0 Å². The molecule has 4 N–H and O–H groups in total. The molecule has 5 heteroatoms. The van der Waals surface area contributed by atoms with E-state index in [1.165, 1.54) is 0 Å². The number of anilines is 1. The van der Waals surface area contributed by atoms with Crippen molar-refractivity contribution in [3.05, 3.63) is 23.3 Å². The number of primary amides is 1. The third kappa shape index (κ3) is 2.92. The maximum Gasteiger partial charge on any atom is 0.248 e. The zero-order valence-corrected chi connectivity index (χ0v) is 10.4. The standard InChI is InChI=1S/C13H18N2O3/c1-8-6-9(13(14)17)7-11(15-10-2-3-10)12(8)18-5-4-16/h6-7,10,15-16H,2-5H2,1H3,(H2,14,17). The molecule has 1 fully saturated rings. The fourth-order valence-electron chi connectivity index (χ4n) is 1.81. The summed E-state index contributed by atoms with van der Waals surface area (Å²) in [5.41, 5.74) is 7.38. The highest BCUT2D eigenvalue weighted by Crippen LogP contribution is 2.34. The summed E-state index contributed by atoms with van der Waals surface area (Å²) < 4.78 is 5.52. The molecule has 0 heterocycles. The van der Waals surface area contributed by atoms with Gasteiger partial charge in [-0.15, -0.1) is 0 Å². The van der Waals surface area contributed by atoms with Crippen LogP contribution in [0.5, 0.6) is 5.75 Å². The van der Waals surface area contributed by atoms with Crippen molar-refractivity contribution in [2.45, 2.75) is 25.8 Å². The van der Waals surface area contributed by atoms with Crippen molar-refractivity contribution in [1.29, 1.82) is 0 Å². The number of aliphatic hydroxyl groups excluding tert-OH is 1. The van der Waals surface area contributed by atoms with Crippen molar-refractivity contribution in [2.75, 3.05) is 18.5 Å². The van der Waals surface area contributed by atoms with E-state index in [0.717, 1.165) is 24.1 Å². The first-order valence-electron chi connectivity index (χ1n) is 6.06. The highest BCUT2D eigenvalue weighted by Gasteiger charge is 2.23. The summed E-state index contributed by atoms with van der Waals surface area (Å²) in [6.07, 6.45) is 2.25.